The summed E-state index contributed by atoms with van der Waals surface area (Å²) in [4.78, 5) is 2.50. The number of hydrogen-bond acceptors (Lipinski definition) is 1. The molecule has 1 heteroatoms. The highest BCUT2D eigenvalue weighted by atomic mass is 15.1. The highest BCUT2D eigenvalue weighted by molar-refractivity contribution is 5.18. The lowest BCUT2D eigenvalue weighted by atomic mass is 10.0. The van der Waals surface area contributed by atoms with Gasteiger partial charge < -0.3 is 0 Å². The lowest BCUT2D eigenvalue weighted by Gasteiger charge is -2.25. The van der Waals surface area contributed by atoms with Gasteiger partial charge in [0.25, 0.3) is 0 Å². The Balaban J connectivity index is 1.82. The Morgan fingerprint density at radius 1 is 0.607 bits per heavy atom. The quantitative estimate of drug-likeness (QED) is 0.214. The van der Waals surface area contributed by atoms with E-state index in [1.807, 2.05) is 0 Å². The first-order chi connectivity index (χ1) is 13.8. The fourth-order valence-electron chi connectivity index (χ4n) is 4.09. The standard InChI is InChI=1S/C27H49N/c1-4-5-6-7-8-9-10-11-12-13-14-15-16-17-18-22-25-28(3)26(2)27-23-20-19-21-24-27/h19-21,23-24,26H,4-18,22,25H2,1-3H3. The molecule has 0 bridgehead atoms. The van der Waals surface area contributed by atoms with Crippen molar-refractivity contribution in [3.8, 4) is 0 Å². The summed E-state index contributed by atoms with van der Waals surface area (Å²) in [6, 6.07) is 11.4. The first kappa shape index (κ1) is 25.2. The SMILES string of the molecule is CCCCCCCCCCCCCCCCCCN(C)C(C)c1ccccc1. The molecule has 28 heavy (non-hydrogen) atoms. The Bertz CT molecular complexity index is 427. The second-order valence-corrected chi connectivity index (χ2v) is 8.87. The minimum Gasteiger partial charge on any atom is -0.300 e. The summed E-state index contributed by atoms with van der Waals surface area (Å²) < 4.78 is 0. The summed E-state index contributed by atoms with van der Waals surface area (Å²) in [5.41, 5.74) is 1.43. The van der Waals surface area contributed by atoms with Crippen LogP contribution in [0.1, 0.15) is 128 Å². The zero-order chi connectivity index (χ0) is 20.3. The fourth-order valence-corrected chi connectivity index (χ4v) is 4.09. The molecule has 162 valence electrons. The van der Waals surface area contributed by atoms with E-state index in [2.05, 4.69) is 56.1 Å². The normalized spacial score (nSPS) is 12.6. The molecule has 1 rings (SSSR count). The lowest BCUT2D eigenvalue weighted by molar-refractivity contribution is 0.255. The van der Waals surface area contributed by atoms with Crippen molar-refractivity contribution in [2.75, 3.05) is 13.6 Å². The van der Waals surface area contributed by atoms with Crippen LogP contribution in [-0.2, 0) is 0 Å². The molecule has 0 N–H and O–H groups in total. The van der Waals surface area contributed by atoms with Gasteiger partial charge >= 0.3 is 0 Å². The van der Waals surface area contributed by atoms with Crippen molar-refractivity contribution >= 4 is 0 Å². The van der Waals surface area contributed by atoms with Crippen molar-refractivity contribution < 1.29 is 0 Å². The molecular formula is C27H49N. The van der Waals surface area contributed by atoms with E-state index < -0.39 is 0 Å². The van der Waals surface area contributed by atoms with Crippen LogP contribution in [0.25, 0.3) is 0 Å². The maximum Gasteiger partial charge on any atom is 0.0316 e. The van der Waals surface area contributed by atoms with E-state index in [-0.39, 0.29) is 0 Å². The van der Waals surface area contributed by atoms with Gasteiger partial charge in [-0.1, -0.05) is 134 Å². The third-order valence-corrected chi connectivity index (χ3v) is 6.31. The van der Waals surface area contributed by atoms with Crippen LogP contribution in [0.3, 0.4) is 0 Å². The van der Waals surface area contributed by atoms with E-state index in [9.17, 15) is 0 Å². The molecule has 1 nitrogen and oxygen atoms in total. The number of nitrogens with zero attached hydrogens (tertiary/aromatic N) is 1. The van der Waals surface area contributed by atoms with Crippen LogP contribution < -0.4 is 0 Å². The van der Waals surface area contributed by atoms with Gasteiger partial charge in [0.05, 0.1) is 0 Å². The second-order valence-electron chi connectivity index (χ2n) is 8.87. The van der Waals surface area contributed by atoms with Crippen molar-refractivity contribution in [2.45, 2.75) is 123 Å². The first-order valence-corrected chi connectivity index (χ1v) is 12.5. The number of unbranched alkanes of at least 4 members (excludes halogenated alkanes) is 15. The van der Waals surface area contributed by atoms with Crippen molar-refractivity contribution in [2.24, 2.45) is 0 Å². The van der Waals surface area contributed by atoms with Crippen LogP contribution in [0, 0.1) is 0 Å². The summed E-state index contributed by atoms with van der Waals surface area (Å²) in [7, 11) is 2.27. The van der Waals surface area contributed by atoms with Crippen LogP contribution in [0.5, 0.6) is 0 Å². The predicted octanol–water partition coefficient (Wildman–Crippen LogP) is 8.94. The predicted molar refractivity (Wildman–Crippen MR) is 127 cm³/mol. The zero-order valence-electron chi connectivity index (χ0n) is 19.4. The topological polar surface area (TPSA) is 3.24 Å². The van der Waals surface area contributed by atoms with Gasteiger partial charge in [-0.3, -0.25) is 4.90 Å². The third kappa shape index (κ3) is 13.4. The van der Waals surface area contributed by atoms with Gasteiger partial charge in [0.15, 0.2) is 0 Å². The summed E-state index contributed by atoms with van der Waals surface area (Å²) in [5, 5.41) is 0. The van der Waals surface area contributed by atoms with Gasteiger partial charge in [0, 0.05) is 6.04 Å². The Labute approximate surface area is 177 Å². The Morgan fingerprint density at radius 3 is 1.43 bits per heavy atom. The number of hydrogen-bond donors (Lipinski definition) is 0. The van der Waals surface area contributed by atoms with E-state index >= 15 is 0 Å². The molecule has 1 atom stereocenters. The second kappa shape index (κ2) is 18.2. The molecule has 0 aliphatic heterocycles. The smallest absolute Gasteiger partial charge is 0.0316 e. The van der Waals surface area contributed by atoms with E-state index in [4.69, 9.17) is 0 Å². The van der Waals surface area contributed by atoms with Crippen LogP contribution in [0.2, 0.25) is 0 Å². The zero-order valence-corrected chi connectivity index (χ0v) is 19.4. The Hall–Kier alpha value is -0.820. The maximum absolute atomic E-state index is 2.50. The highest BCUT2D eigenvalue weighted by Gasteiger charge is 2.10. The molecule has 0 aromatic heterocycles. The van der Waals surface area contributed by atoms with Gasteiger partial charge in [0.1, 0.15) is 0 Å². The van der Waals surface area contributed by atoms with Crippen LogP contribution >= 0.6 is 0 Å². The molecule has 1 aromatic carbocycles. The van der Waals surface area contributed by atoms with E-state index in [1.165, 1.54) is 115 Å². The van der Waals surface area contributed by atoms with Crippen molar-refractivity contribution in [3.05, 3.63) is 35.9 Å². The molecule has 0 fully saturated rings. The molecule has 0 amide bonds. The van der Waals surface area contributed by atoms with Gasteiger partial charge in [-0.25, -0.2) is 0 Å². The number of rotatable bonds is 19. The summed E-state index contributed by atoms with van der Waals surface area (Å²) >= 11 is 0. The molecule has 1 aromatic rings. The average Bonchev–Trinajstić information content (AvgIpc) is 2.73. The van der Waals surface area contributed by atoms with Crippen LogP contribution in [-0.4, -0.2) is 18.5 Å². The number of benzene rings is 1. The van der Waals surface area contributed by atoms with E-state index in [0.29, 0.717) is 6.04 Å². The summed E-state index contributed by atoms with van der Waals surface area (Å²) in [6.45, 7) is 5.84. The molecule has 0 heterocycles. The third-order valence-electron chi connectivity index (χ3n) is 6.31. The largest absolute Gasteiger partial charge is 0.300 e. The van der Waals surface area contributed by atoms with Gasteiger partial charge in [-0.15, -0.1) is 0 Å². The maximum atomic E-state index is 2.50. The molecule has 0 aliphatic rings. The van der Waals surface area contributed by atoms with Gasteiger partial charge in [-0.2, -0.15) is 0 Å². The molecule has 0 aliphatic carbocycles. The Kier molecular flexibility index (Phi) is 16.4. The summed E-state index contributed by atoms with van der Waals surface area (Å²) in [5.74, 6) is 0. The summed E-state index contributed by atoms with van der Waals surface area (Å²) in [6.07, 6.45) is 23.1. The molecule has 0 saturated carbocycles. The minimum atomic E-state index is 0.526. The van der Waals surface area contributed by atoms with Gasteiger partial charge in [0.2, 0.25) is 0 Å². The van der Waals surface area contributed by atoms with Crippen LogP contribution in [0.4, 0.5) is 0 Å². The minimum absolute atomic E-state index is 0.526. The molecule has 0 saturated heterocycles. The van der Waals surface area contributed by atoms with Crippen molar-refractivity contribution in [1.82, 2.24) is 4.90 Å². The monoisotopic (exact) mass is 387 g/mol. The highest BCUT2D eigenvalue weighted by Crippen LogP contribution is 2.19. The van der Waals surface area contributed by atoms with Gasteiger partial charge in [-0.05, 0) is 32.5 Å². The molecule has 0 radical (unpaired) electrons. The van der Waals surface area contributed by atoms with Crippen molar-refractivity contribution in [3.63, 3.8) is 0 Å². The lowest BCUT2D eigenvalue weighted by Crippen LogP contribution is -2.23. The fraction of sp³-hybridized carbons (Fsp3) is 0.778. The van der Waals surface area contributed by atoms with Crippen molar-refractivity contribution in [1.29, 1.82) is 0 Å². The first-order valence-electron chi connectivity index (χ1n) is 12.5. The Morgan fingerprint density at radius 2 is 1.00 bits per heavy atom. The van der Waals surface area contributed by atoms with E-state index in [1.54, 1.807) is 0 Å². The molecule has 1 unspecified atom stereocenters. The van der Waals surface area contributed by atoms with Crippen LogP contribution in [0.15, 0.2) is 30.3 Å². The molecular weight excluding hydrogens is 338 g/mol. The molecule has 0 spiro atoms. The van der Waals surface area contributed by atoms with E-state index in [0.717, 1.165) is 0 Å². The average molecular weight is 388 g/mol.